The molecule has 0 spiro atoms. The number of furan rings is 1. The molecule has 2 heterocycles. The summed E-state index contributed by atoms with van der Waals surface area (Å²) in [5, 5.41) is 7.15. The number of rotatable bonds is 8. The zero-order chi connectivity index (χ0) is 20.1. The highest BCUT2D eigenvalue weighted by Gasteiger charge is 2.13. The van der Waals surface area contributed by atoms with Gasteiger partial charge in [0.25, 0.3) is 5.91 Å². The molecule has 0 saturated carbocycles. The number of hydrogen-bond donors (Lipinski definition) is 1. The Morgan fingerprint density at radius 1 is 1.21 bits per heavy atom. The zero-order valence-electron chi connectivity index (χ0n) is 16.9. The van der Waals surface area contributed by atoms with Crippen molar-refractivity contribution in [2.75, 3.05) is 0 Å². The van der Waals surface area contributed by atoms with Crippen LogP contribution in [-0.2, 0) is 19.7 Å². The van der Waals surface area contributed by atoms with Crippen LogP contribution in [0.15, 0.2) is 47.0 Å². The summed E-state index contributed by atoms with van der Waals surface area (Å²) in [6.45, 7) is 9.84. The van der Waals surface area contributed by atoms with Gasteiger partial charge in [0.2, 0.25) is 0 Å². The molecule has 148 valence electrons. The Hall–Kier alpha value is -3.02. The molecule has 0 aliphatic carbocycles. The second kappa shape index (κ2) is 8.78. The van der Waals surface area contributed by atoms with Crippen molar-refractivity contribution in [1.82, 2.24) is 15.1 Å². The van der Waals surface area contributed by atoms with Crippen molar-refractivity contribution in [2.45, 2.75) is 53.3 Å². The van der Waals surface area contributed by atoms with Crippen LogP contribution in [0.5, 0.6) is 5.75 Å². The lowest BCUT2D eigenvalue weighted by Crippen LogP contribution is -2.22. The molecule has 0 unspecified atom stereocenters. The van der Waals surface area contributed by atoms with Crippen LogP contribution < -0.4 is 10.1 Å². The van der Waals surface area contributed by atoms with Crippen LogP contribution in [0.25, 0.3) is 0 Å². The van der Waals surface area contributed by atoms with E-state index in [-0.39, 0.29) is 18.3 Å². The van der Waals surface area contributed by atoms with Crippen molar-refractivity contribution < 1.29 is 13.9 Å². The molecule has 28 heavy (non-hydrogen) atoms. The maximum atomic E-state index is 12.3. The summed E-state index contributed by atoms with van der Waals surface area (Å²) in [5.41, 5.74) is 3.32. The maximum absolute atomic E-state index is 12.3. The molecule has 0 fully saturated rings. The van der Waals surface area contributed by atoms with Gasteiger partial charge in [0.1, 0.15) is 18.1 Å². The SMILES string of the molecule is CCn1ncc(CNC(=O)c2ccc(COc3ccc(C(C)C)cc3)o2)c1C. The molecule has 3 aromatic rings. The van der Waals surface area contributed by atoms with Gasteiger partial charge in [-0.2, -0.15) is 5.10 Å². The first-order chi connectivity index (χ1) is 13.5. The number of benzene rings is 1. The monoisotopic (exact) mass is 381 g/mol. The molecule has 6 nitrogen and oxygen atoms in total. The van der Waals surface area contributed by atoms with E-state index in [0.717, 1.165) is 23.6 Å². The Bertz CT molecular complexity index is 923. The number of carbonyl (C=O) groups is 1. The average Bonchev–Trinajstić information content (AvgIpc) is 3.31. The van der Waals surface area contributed by atoms with Crippen molar-refractivity contribution in [3.8, 4) is 5.75 Å². The Morgan fingerprint density at radius 2 is 1.96 bits per heavy atom. The van der Waals surface area contributed by atoms with E-state index in [2.05, 4.69) is 36.4 Å². The molecule has 1 amide bonds. The number of aryl methyl sites for hydroxylation is 1. The fourth-order valence-electron chi connectivity index (χ4n) is 2.92. The lowest BCUT2D eigenvalue weighted by molar-refractivity contribution is 0.0919. The maximum Gasteiger partial charge on any atom is 0.287 e. The summed E-state index contributed by atoms with van der Waals surface area (Å²) in [6, 6.07) is 11.4. The van der Waals surface area contributed by atoms with Gasteiger partial charge in [-0.1, -0.05) is 26.0 Å². The summed E-state index contributed by atoms with van der Waals surface area (Å²) < 4.78 is 13.3. The predicted octanol–water partition coefficient (Wildman–Crippen LogP) is 4.44. The summed E-state index contributed by atoms with van der Waals surface area (Å²) >= 11 is 0. The lowest BCUT2D eigenvalue weighted by atomic mass is 10.0. The number of nitrogens with one attached hydrogen (secondary N) is 1. The van der Waals surface area contributed by atoms with Crippen LogP contribution in [0.3, 0.4) is 0 Å². The van der Waals surface area contributed by atoms with Gasteiger partial charge in [0, 0.05) is 24.3 Å². The summed E-state index contributed by atoms with van der Waals surface area (Å²) in [7, 11) is 0. The van der Waals surface area contributed by atoms with Gasteiger partial charge in [-0.05, 0) is 49.6 Å². The molecule has 6 heteroatoms. The van der Waals surface area contributed by atoms with Crippen LogP contribution in [0.4, 0.5) is 0 Å². The third-order valence-corrected chi connectivity index (χ3v) is 4.76. The summed E-state index contributed by atoms with van der Waals surface area (Å²) in [6.07, 6.45) is 1.78. The summed E-state index contributed by atoms with van der Waals surface area (Å²) in [5.74, 6) is 1.88. The van der Waals surface area contributed by atoms with Crippen molar-refractivity contribution >= 4 is 5.91 Å². The minimum absolute atomic E-state index is 0.254. The van der Waals surface area contributed by atoms with E-state index in [1.807, 2.05) is 30.7 Å². The zero-order valence-corrected chi connectivity index (χ0v) is 16.9. The quantitative estimate of drug-likeness (QED) is 0.626. The standard InChI is InChI=1S/C22H27N3O3/c1-5-25-16(4)18(13-24-25)12-23-22(26)21-11-10-20(28-21)14-27-19-8-6-17(7-9-19)15(2)3/h6-11,13,15H,5,12,14H2,1-4H3,(H,23,26). The van der Waals surface area contributed by atoms with Crippen molar-refractivity contribution in [3.63, 3.8) is 0 Å². The van der Waals surface area contributed by atoms with Crippen LogP contribution in [0.1, 0.15) is 59.8 Å². The van der Waals surface area contributed by atoms with Gasteiger partial charge in [-0.3, -0.25) is 9.48 Å². The minimum Gasteiger partial charge on any atom is -0.486 e. The number of carbonyl (C=O) groups excluding carboxylic acids is 1. The molecule has 0 saturated heterocycles. The van der Waals surface area contributed by atoms with Gasteiger partial charge in [-0.25, -0.2) is 0 Å². The molecule has 0 atom stereocenters. The van der Waals surface area contributed by atoms with Gasteiger partial charge in [0.15, 0.2) is 5.76 Å². The van der Waals surface area contributed by atoms with Gasteiger partial charge in [-0.15, -0.1) is 0 Å². The Kier molecular flexibility index (Phi) is 6.19. The van der Waals surface area contributed by atoms with Gasteiger partial charge >= 0.3 is 0 Å². The minimum atomic E-state index is -0.254. The third-order valence-electron chi connectivity index (χ3n) is 4.76. The number of amides is 1. The van der Waals surface area contributed by atoms with Gasteiger partial charge < -0.3 is 14.5 Å². The molecule has 1 aromatic carbocycles. The summed E-state index contributed by atoms with van der Waals surface area (Å²) in [4.78, 5) is 12.3. The van der Waals surface area contributed by atoms with Crippen LogP contribution >= 0.6 is 0 Å². The second-order valence-electron chi connectivity index (χ2n) is 7.03. The highest BCUT2D eigenvalue weighted by atomic mass is 16.5. The fourth-order valence-corrected chi connectivity index (χ4v) is 2.92. The van der Waals surface area contributed by atoms with Crippen molar-refractivity contribution in [3.05, 3.63) is 70.9 Å². The van der Waals surface area contributed by atoms with Crippen molar-refractivity contribution in [2.24, 2.45) is 0 Å². The average molecular weight is 381 g/mol. The largest absolute Gasteiger partial charge is 0.486 e. The first-order valence-corrected chi connectivity index (χ1v) is 9.59. The number of aromatic nitrogens is 2. The van der Waals surface area contributed by atoms with E-state index in [0.29, 0.717) is 18.2 Å². The van der Waals surface area contributed by atoms with E-state index < -0.39 is 0 Å². The molecule has 2 aromatic heterocycles. The van der Waals surface area contributed by atoms with E-state index >= 15 is 0 Å². The Morgan fingerprint density at radius 3 is 2.61 bits per heavy atom. The predicted molar refractivity (Wildman–Crippen MR) is 107 cm³/mol. The van der Waals surface area contributed by atoms with E-state index in [1.165, 1.54) is 5.56 Å². The second-order valence-corrected chi connectivity index (χ2v) is 7.03. The molecule has 3 rings (SSSR count). The van der Waals surface area contributed by atoms with Crippen LogP contribution in [-0.4, -0.2) is 15.7 Å². The number of nitrogens with zero attached hydrogens (tertiary/aromatic N) is 2. The molecule has 0 aliphatic heterocycles. The third kappa shape index (κ3) is 4.63. The normalized spacial score (nSPS) is 11.0. The van der Waals surface area contributed by atoms with E-state index in [1.54, 1.807) is 18.3 Å². The molecular formula is C22H27N3O3. The Balaban J connectivity index is 1.52. The highest BCUT2D eigenvalue weighted by Crippen LogP contribution is 2.20. The topological polar surface area (TPSA) is 69.3 Å². The molecule has 0 bridgehead atoms. The van der Waals surface area contributed by atoms with Crippen LogP contribution in [0, 0.1) is 6.92 Å². The lowest BCUT2D eigenvalue weighted by Gasteiger charge is -2.08. The fraction of sp³-hybridized carbons (Fsp3) is 0.364. The van der Waals surface area contributed by atoms with E-state index in [4.69, 9.17) is 9.15 Å². The Labute approximate surface area is 165 Å². The molecule has 0 radical (unpaired) electrons. The number of hydrogen-bond acceptors (Lipinski definition) is 4. The molecule has 1 N–H and O–H groups in total. The van der Waals surface area contributed by atoms with E-state index in [9.17, 15) is 4.79 Å². The molecule has 0 aliphatic rings. The van der Waals surface area contributed by atoms with Gasteiger partial charge in [0.05, 0.1) is 6.20 Å². The highest BCUT2D eigenvalue weighted by molar-refractivity contribution is 5.91. The first-order valence-electron chi connectivity index (χ1n) is 9.59. The first kappa shape index (κ1) is 19.7. The number of ether oxygens (including phenoxy) is 1. The molecular weight excluding hydrogens is 354 g/mol. The van der Waals surface area contributed by atoms with Crippen LogP contribution in [0.2, 0.25) is 0 Å². The van der Waals surface area contributed by atoms with Crippen molar-refractivity contribution in [1.29, 1.82) is 0 Å². The smallest absolute Gasteiger partial charge is 0.287 e.